The maximum atomic E-state index is 10.8. The molecule has 3 rings (SSSR count). The molecule has 0 bridgehead atoms. The zero-order valence-electron chi connectivity index (χ0n) is 12.8. The van der Waals surface area contributed by atoms with Crippen LogP contribution in [0.25, 0.3) is 0 Å². The molecule has 1 aliphatic rings. The SMILES string of the molecule is C[C@@H](NCc1cccc([N+](=O)[O-])c1)[C@@H]1COc2ccccc2O1. The van der Waals surface area contributed by atoms with Crippen molar-refractivity contribution in [1.82, 2.24) is 5.32 Å². The zero-order valence-corrected chi connectivity index (χ0v) is 12.8. The van der Waals surface area contributed by atoms with Gasteiger partial charge in [-0.25, -0.2) is 0 Å². The minimum Gasteiger partial charge on any atom is -0.486 e. The van der Waals surface area contributed by atoms with Crippen LogP contribution in [-0.2, 0) is 6.54 Å². The minimum atomic E-state index is -0.387. The van der Waals surface area contributed by atoms with Crippen LogP contribution in [0.3, 0.4) is 0 Å². The van der Waals surface area contributed by atoms with Crippen molar-refractivity contribution in [3.8, 4) is 11.5 Å². The second kappa shape index (κ2) is 6.66. The first-order valence-electron chi connectivity index (χ1n) is 7.48. The number of nitrogens with zero attached hydrogens (tertiary/aromatic N) is 1. The maximum Gasteiger partial charge on any atom is 0.269 e. The van der Waals surface area contributed by atoms with Gasteiger partial charge >= 0.3 is 0 Å². The average Bonchev–Trinajstić information content (AvgIpc) is 2.59. The Hall–Kier alpha value is -2.60. The van der Waals surface area contributed by atoms with Crippen molar-refractivity contribution in [3.05, 3.63) is 64.2 Å². The summed E-state index contributed by atoms with van der Waals surface area (Å²) in [4.78, 5) is 10.4. The van der Waals surface area contributed by atoms with E-state index in [0.29, 0.717) is 13.2 Å². The lowest BCUT2D eigenvalue weighted by Crippen LogP contribution is -2.45. The fourth-order valence-corrected chi connectivity index (χ4v) is 2.47. The molecule has 1 heterocycles. The highest BCUT2D eigenvalue weighted by molar-refractivity contribution is 5.40. The first kappa shape index (κ1) is 15.3. The Labute approximate surface area is 134 Å². The fraction of sp³-hybridized carbons (Fsp3) is 0.294. The van der Waals surface area contributed by atoms with Crippen molar-refractivity contribution in [2.24, 2.45) is 0 Å². The predicted molar refractivity (Wildman–Crippen MR) is 85.8 cm³/mol. The summed E-state index contributed by atoms with van der Waals surface area (Å²) in [7, 11) is 0. The predicted octanol–water partition coefficient (Wildman–Crippen LogP) is 2.91. The van der Waals surface area contributed by atoms with Gasteiger partial charge in [0, 0.05) is 24.7 Å². The number of hydrogen-bond donors (Lipinski definition) is 1. The second-order valence-corrected chi connectivity index (χ2v) is 5.51. The highest BCUT2D eigenvalue weighted by Gasteiger charge is 2.25. The lowest BCUT2D eigenvalue weighted by Gasteiger charge is -2.31. The number of nitro benzene ring substituents is 1. The molecule has 6 heteroatoms. The lowest BCUT2D eigenvalue weighted by molar-refractivity contribution is -0.384. The zero-order chi connectivity index (χ0) is 16.2. The van der Waals surface area contributed by atoms with E-state index in [9.17, 15) is 10.1 Å². The quantitative estimate of drug-likeness (QED) is 0.678. The van der Waals surface area contributed by atoms with Crippen molar-refractivity contribution in [1.29, 1.82) is 0 Å². The van der Waals surface area contributed by atoms with Gasteiger partial charge in [-0.2, -0.15) is 0 Å². The van der Waals surface area contributed by atoms with Gasteiger partial charge in [0.15, 0.2) is 11.5 Å². The summed E-state index contributed by atoms with van der Waals surface area (Å²) in [5.41, 5.74) is 0.964. The number of nitrogens with one attached hydrogen (secondary N) is 1. The average molecular weight is 314 g/mol. The molecule has 6 nitrogen and oxygen atoms in total. The molecule has 0 amide bonds. The Morgan fingerprint density at radius 1 is 1.26 bits per heavy atom. The fourth-order valence-electron chi connectivity index (χ4n) is 2.47. The molecule has 0 saturated carbocycles. The minimum absolute atomic E-state index is 0.0441. The van der Waals surface area contributed by atoms with Gasteiger partial charge in [0.25, 0.3) is 5.69 Å². The van der Waals surface area contributed by atoms with Crippen LogP contribution in [0.2, 0.25) is 0 Å². The van der Waals surface area contributed by atoms with E-state index in [1.807, 2.05) is 37.3 Å². The largest absolute Gasteiger partial charge is 0.486 e. The molecule has 23 heavy (non-hydrogen) atoms. The number of non-ortho nitro benzene ring substituents is 1. The van der Waals surface area contributed by atoms with Gasteiger partial charge in [0.1, 0.15) is 12.7 Å². The summed E-state index contributed by atoms with van der Waals surface area (Å²) in [6.07, 6.45) is -0.108. The summed E-state index contributed by atoms with van der Waals surface area (Å²) < 4.78 is 11.7. The third-order valence-corrected chi connectivity index (χ3v) is 3.84. The molecule has 2 aromatic carbocycles. The molecule has 0 radical (unpaired) electrons. The van der Waals surface area contributed by atoms with E-state index in [-0.39, 0.29) is 22.8 Å². The van der Waals surface area contributed by atoms with E-state index in [0.717, 1.165) is 17.1 Å². The molecule has 1 N–H and O–H groups in total. The van der Waals surface area contributed by atoms with Crippen LogP contribution in [0.1, 0.15) is 12.5 Å². The molecular weight excluding hydrogens is 296 g/mol. The van der Waals surface area contributed by atoms with Gasteiger partial charge in [0.2, 0.25) is 0 Å². The van der Waals surface area contributed by atoms with E-state index in [4.69, 9.17) is 9.47 Å². The number of para-hydroxylation sites is 2. The molecule has 0 unspecified atom stereocenters. The number of benzene rings is 2. The molecule has 1 aliphatic heterocycles. The number of ether oxygens (including phenoxy) is 2. The van der Waals surface area contributed by atoms with Crippen molar-refractivity contribution < 1.29 is 14.4 Å². The van der Waals surface area contributed by atoms with E-state index >= 15 is 0 Å². The van der Waals surface area contributed by atoms with Crippen LogP contribution in [0.5, 0.6) is 11.5 Å². The van der Waals surface area contributed by atoms with Crippen molar-refractivity contribution in [2.45, 2.75) is 25.6 Å². The number of hydrogen-bond acceptors (Lipinski definition) is 5. The van der Waals surface area contributed by atoms with Crippen LogP contribution in [0, 0.1) is 10.1 Å². The normalized spacial score (nSPS) is 17.5. The molecule has 2 atom stereocenters. The Balaban J connectivity index is 1.59. The standard InChI is InChI=1S/C17H18N2O4/c1-12(17-11-22-15-7-2-3-8-16(15)23-17)18-10-13-5-4-6-14(9-13)19(20)21/h2-9,12,17-18H,10-11H2,1H3/t12-,17+/m1/s1. The maximum absolute atomic E-state index is 10.8. The molecule has 120 valence electrons. The highest BCUT2D eigenvalue weighted by atomic mass is 16.6. The van der Waals surface area contributed by atoms with Crippen LogP contribution in [-0.4, -0.2) is 23.7 Å². The first-order chi connectivity index (χ1) is 11.1. The van der Waals surface area contributed by atoms with Crippen molar-refractivity contribution >= 4 is 5.69 Å². The Morgan fingerprint density at radius 3 is 2.83 bits per heavy atom. The van der Waals surface area contributed by atoms with E-state index < -0.39 is 0 Å². The van der Waals surface area contributed by atoms with Crippen LogP contribution in [0.4, 0.5) is 5.69 Å². The van der Waals surface area contributed by atoms with Gasteiger partial charge < -0.3 is 14.8 Å². The van der Waals surface area contributed by atoms with E-state index in [1.165, 1.54) is 6.07 Å². The Kier molecular flexibility index (Phi) is 4.43. The monoisotopic (exact) mass is 314 g/mol. The molecule has 0 aliphatic carbocycles. The van der Waals surface area contributed by atoms with Gasteiger partial charge in [-0.15, -0.1) is 0 Å². The van der Waals surface area contributed by atoms with Crippen molar-refractivity contribution in [3.63, 3.8) is 0 Å². The van der Waals surface area contributed by atoms with Gasteiger partial charge in [0.05, 0.1) is 4.92 Å². The van der Waals surface area contributed by atoms with E-state index in [1.54, 1.807) is 12.1 Å². The second-order valence-electron chi connectivity index (χ2n) is 5.51. The van der Waals surface area contributed by atoms with Gasteiger partial charge in [-0.3, -0.25) is 10.1 Å². The highest BCUT2D eigenvalue weighted by Crippen LogP contribution is 2.31. The first-order valence-corrected chi connectivity index (χ1v) is 7.48. The number of fused-ring (bicyclic) bond motifs is 1. The molecular formula is C17H18N2O4. The van der Waals surface area contributed by atoms with Crippen LogP contribution < -0.4 is 14.8 Å². The number of rotatable bonds is 5. The Bertz CT molecular complexity index is 704. The summed E-state index contributed by atoms with van der Waals surface area (Å²) in [6.45, 7) is 3.02. The topological polar surface area (TPSA) is 73.6 Å². The number of nitro groups is 1. The van der Waals surface area contributed by atoms with Crippen molar-refractivity contribution in [2.75, 3.05) is 6.61 Å². The molecule has 0 fully saturated rings. The third-order valence-electron chi connectivity index (χ3n) is 3.84. The summed E-state index contributed by atoms with van der Waals surface area (Å²) in [6, 6.07) is 14.2. The summed E-state index contributed by atoms with van der Waals surface area (Å²) in [5.74, 6) is 1.50. The van der Waals surface area contributed by atoms with Gasteiger partial charge in [-0.1, -0.05) is 24.3 Å². The smallest absolute Gasteiger partial charge is 0.269 e. The molecule has 0 aromatic heterocycles. The molecule has 2 aromatic rings. The molecule has 0 spiro atoms. The lowest BCUT2D eigenvalue weighted by atomic mass is 10.1. The third kappa shape index (κ3) is 3.60. The summed E-state index contributed by atoms with van der Waals surface area (Å²) >= 11 is 0. The van der Waals surface area contributed by atoms with Crippen LogP contribution in [0.15, 0.2) is 48.5 Å². The van der Waals surface area contributed by atoms with Crippen LogP contribution >= 0.6 is 0 Å². The summed E-state index contributed by atoms with van der Waals surface area (Å²) in [5, 5.41) is 14.1. The van der Waals surface area contributed by atoms with E-state index in [2.05, 4.69) is 5.32 Å². The Morgan fingerprint density at radius 2 is 2.04 bits per heavy atom. The molecule has 0 saturated heterocycles. The van der Waals surface area contributed by atoms with Gasteiger partial charge in [-0.05, 0) is 24.6 Å².